The number of nitrogens with zero attached hydrogens (tertiary/aromatic N) is 3. The van der Waals surface area contributed by atoms with Gasteiger partial charge in [-0.2, -0.15) is 0 Å². The largest absolute Gasteiger partial charge is 0.269 e. The lowest BCUT2D eigenvalue weighted by Crippen LogP contribution is -2.30. The topological polar surface area (TPSA) is 71.8 Å². The lowest BCUT2D eigenvalue weighted by Gasteiger charge is -2.13. The molecular weight excluding hydrogens is 401 g/mol. The smallest absolute Gasteiger partial charge is 0.261 e. The number of hydrogen-bond acceptors (Lipinski definition) is 4. The molecule has 6 nitrogen and oxygen atoms in total. The van der Waals surface area contributed by atoms with Gasteiger partial charge in [-0.05, 0) is 24.3 Å². The molecule has 0 N–H and O–H groups in total. The van der Waals surface area contributed by atoms with Crippen LogP contribution in [0.3, 0.4) is 0 Å². The zero-order valence-corrected chi connectivity index (χ0v) is 15.1. The van der Waals surface area contributed by atoms with Gasteiger partial charge in [0.2, 0.25) is 0 Å². The Kier molecular flexibility index (Phi) is 3.99. The predicted molar refractivity (Wildman–Crippen MR) is 97.1 cm³/mol. The first-order valence-electron chi connectivity index (χ1n) is 7.38. The molecule has 0 radical (unpaired) electrons. The number of pyridine rings is 1. The molecule has 0 bridgehead atoms. The fourth-order valence-electron chi connectivity index (χ4n) is 2.80. The third-order valence-corrected chi connectivity index (χ3v) is 4.95. The third-order valence-electron chi connectivity index (χ3n) is 4.01. The van der Waals surface area contributed by atoms with E-state index in [1.54, 1.807) is 12.1 Å². The fourth-order valence-corrected chi connectivity index (χ4v) is 3.28. The zero-order valence-electron chi connectivity index (χ0n) is 12.9. The predicted octanol–water partition coefficient (Wildman–Crippen LogP) is 3.45. The Bertz CT molecular complexity index is 1130. The molecule has 1 aliphatic rings. The molecule has 0 unspecified atom stereocenters. The molecule has 1 aromatic carbocycles. The summed E-state index contributed by atoms with van der Waals surface area (Å²) in [6, 6.07) is 7.16. The molecule has 0 saturated heterocycles. The van der Waals surface area contributed by atoms with E-state index in [0.717, 1.165) is 4.90 Å². The highest BCUT2D eigenvalue weighted by molar-refractivity contribution is 6.43. The Morgan fingerprint density at radius 3 is 2.12 bits per heavy atom. The number of imide groups is 1. The van der Waals surface area contributed by atoms with E-state index in [0.29, 0.717) is 10.7 Å². The summed E-state index contributed by atoms with van der Waals surface area (Å²) < 4.78 is 1.29. The minimum atomic E-state index is -0.512. The van der Waals surface area contributed by atoms with Gasteiger partial charge in [-0.1, -0.05) is 34.8 Å². The molecule has 4 rings (SSSR count). The van der Waals surface area contributed by atoms with Crippen molar-refractivity contribution in [3.63, 3.8) is 0 Å². The van der Waals surface area contributed by atoms with Crippen LogP contribution in [0.25, 0.3) is 5.65 Å². The first-order valence-corrected chi connectivity index (χ1v) is 8.51. The van der Waals surface area contributed by atoms with Crippen LogP contribution in [0.1, 0.15) is 26.4 Å². The molecule has 3 heterocycles. The summed E-state index contributed by atoms with van der Waals surface area (Å²) in [6.07, 6.45) is 1.45. The Hall–Kier alpha value is -2.41. The first-order chi connectivity index (χ1) is 12.3. The maximum atomic E-state index is 12.5. The van der Waals surface area contributed by atoms with Crippen molar-refractivity contribution in [3.05, 3.63) is 78.8 Å². The summed E-state index contributed by atoms with van der Waals surface area (Å²) in [5.41, 5.74) is 0.626. The quantitative estimate of drug-likeness (QED) is 0.609. The van der Waals surface area contributed by atoms with E-state index in [1.165, 1.54) is 28.8 Å². The van der Waals surface area contributed by atoms with Crippen molar-refractivity contribution in [3.8, 4) is 0 Å². The van der Waals surface area contributed by atoms with Crippen LogP contribution in [0.5, 0.6) is 0 Å². The molecule has 0 saturated carbocycles. The van der Waals surface area contributed by atoms with Crippen LogP contribution in [0.15, 0.2) is 41.3 Å². The van der Waals surface area contributed by atoms with Gasteiger partial charge in [0.05, 0.1) is 38.4 Å². The van der Waals surface area contributed by atoms with E-state index in [9.17, 15) is 14.4 Å². The number of aromatic nitrogens is 2. The Morgan fingerprint density at radius 1 is 0.885 bits per heavy atom. The number of rotatable bonds is 2. The zero-order chi connectivity index (χ0) is 18.6. The van der Waals surface area contributed by atoms with Crippen LogP contribution in [0, 0.1) is 0 Å². The van der Waals surface area contributed by atoms with E-state index in [1.807, 2.05) is 0 Å². The Morgan fingerprint density at radius 2 is 1.50 bits per heavy atom. The van der Waals surface area contributed by atoms with E-state index in [4.69, 9.17) is 34.8 Å². The van der Waals surface area contributed by atoms with Gasteiger partial charge in [0.1, 0.15) is 5.65 Å². The van der Waals surface area contributed by atoms with Crippen molar-refractivity contribution in [1.29, 1.82) is 0 Å². The summed E-state index contributed by atoms with van der Waals surface area (Å²) in [7, 11) is 0. The molecule has 3 aromatic rings. The minimum Gasteiger partial charge on any atom is -0.269 e. The van der Waals surface area contributed by atoms with Gasteiger partial charge in [-0.15, -0.1) is 0 Å². The monoisotopic (exact) mass is 407 g/mol. The van der Waals surface area contributed by atoms with Gasteiger partial charge in [0.25, 0.3) is 17.4 Å². The van der Waals surface area contributed by atoms with E-state index < -0.39 is 11.8 Å². The van der Waals surface area contributed by atoms with Crippen LogP contribution < -0.4 is 5.56 Å². The van der Waals surface area contributed by atoms with E-state index >= 15 is 0 Å². The second-order valence-electron chi connectivity index (χ2n) is 5.67. The molecule has 0 fully saturated rings. The number of fused-ring (bicyclic) bond motifs is 2. The highest BCUT2D eigenvalue weighted by Crippen LogP contribution is 2.32. The molecular formula is C17H8Cl3N3O3. The standard InChI is InChI=1S/C17H8Cl3N3O3/c18-8-1-2-14-21-9(3-15(24)22(14)6-8)7-23-16(25)10-4-12(19)13(20)5-11(10)17(23)26/h1-6H,7H2. The number of halogens is 3. The average Bonchev–Trinajstić information content (AvgIpc) is 2.81. The van der Waals surface area contributed by atoms with Crippen molar-refractivity contribution < 1.29 is 9.59 Å². The lowest BCUT2D eigenvalue weighted by atomic mass is 10.1. The van der Waals surface area contributed by atoms with Gasteiger partial charge in [0.15, 0.2) is 0 Å². The van der Waals surface area contributed by atoms with Gasteiger partial charge in [-0.25, -0.2) is 4.98 Å². The number of amides is 2. The van der Waals surface area contributed by atoms with Crippen LogP contribution in [-0.2, 0) is 6.54 Å². The van der Waals surface area contributed by atoms with Crippen LogP contribution in [0.2, 0.25) is 15.1 Å². The molecule has 26 heavy (non-hydrogen) atoms. The summed E-state index contributed by atoms with van der Waals surface area (Å²) in [4.78, 5) is 42.6. The Balaban J connectivity index is 1.73. The van der Waals surface area contributed by atoms with Crippen LogP contribution in [-0.4, -0.2) is 26.1 Å². The molecule has 2 aromatic heterocycles. The molecule has 0 spiro atoms. The molecule has 2 amide bonds. The van der Waals surface area contributed by atoms with Crippen molar-refractivity contribution >= 4 is 52.3 Å². The summed E-state index contributed by atoms with van der Waals surface area (Å²) >= 11 is 17.7. The van der Waals surface area contributed by atoms with Gasteiger partial charge in [0, 0.05) is 12.3 Å². The normalized spacial score (nSPS) is 13.6. The fraction of sp³-hybridized carbons (Fsp3) is 0.0588. The number of hydrogen-bond donors (Lipinski definition) is 0. The second-order valence-corrected chi connectivity index (χ2v) is 6.92. The highest BCUT2D eigenvalue weighted by atomic mass is 35.5. The summed E-state index contributed by atoms with van der Waals surface area (Å²) in [5.74, 6) is -1.02. The molecule has 1 aliphatic heterocycles. The van der Waals surface area contributed by atoms with E-state index in [2.05, 4.69) is 4.98 Å². The number of carbonyl (C=O) groups is 2. The minimum absolute atomic E-state index is 0.143. The lowest BCUT2D eigenvalue weighted by molar-refractivity contribution is 0.0640. The number of benzene rings is 1. The summed E-state index contributed by atoms with van der Waals surface area (Å²) in [6.45, 7) is -0.143. The number of carbonyl (C=O) groups excluding carboxylic acids is 2. The van der Waals surface area contributed by atoms with Crippen molar-refractivity contribution in [1.82, 2.24) is 14.3 Å². The maximum Gasteiger partial charge on any atom is 0.261 e. The summed E-state index contributed by atoms with van der Waals surface area (Å²) in [5, 5.41) is 0.767. The van der Waals surface area contributed by atoms with Gasteiger partial charge >= 0.3 is 0 Å². The second kappa shape index (κ2) is 6.09. The van der Waals surface area contributed by atoms with Crippen molar-refractivity contribution in [2.45, 2.75) is 6.54 Å². The van der Waals surface area contributed by atoms with Crippen molar-refractivity contribution in [2.75, 3.05) is 0 Å². The molecule has 130 valence electrons. The molecule has 9 heteroatoms. The van der Waals surface area contributed by atoms with Crippen LogP contribution in [0.4, 0.5) is 0 Å². The molecule has 0 atom stereocenters. The maximum absolute atomic E-state index is 12.5. The highest BCUT2D eigenvalue weighted by Gasteiger charge is 2.36. The van der Waals surface area contributed by atoms with Gasteiger partial charge in [-0.3, -0.25) is 23.7 Å². The SMILES string of the molecule is O=C1c2cc(Cl)c(Cl)cc2C(=O)N1Cc1cc(=O)n2cc(Cl)ccc2n1. The van der Waals surface area contributed by atoms with Gasteiger partial charge < -0.3 is 0 Å². The molecule has 0 aliphatic carbocycles. The van der Waals surface area contributed by atoms with Crippen LogP contribution >= 0.6 is 34.8 Å². The Labute approximate surface area is 161 Å². The first kappa shape index (κ1) is 17.0. The van der Waals surface area contributed by atoms with E-state index in [-0.39, 0.29) is 39.0 Å². The average molecular weight is 409 g/mol. The third kappa shape index (κ3) is 2.67. The van der Waals surface area contributed by atoms with Crippen molar-refractivity contribution in [2.24, 2.45) is 0 Å².